The summed E-state index contributed by atoms with van der Waals surface area (Å²) in [5, 5.41) is 12.5. The van der Waals surface area contributed by atoms with Gasteiger partial charge in [0, 0.05) is 18.7 Å². The van der Waals surface area contributed by atoms with Gasteiger partial charge in [0.1, 0.15) is 0 Å². The highest BCUT2D eigenvalue weighted by Gasteiger charge is 2.24. The topological polar surface area (TPSA) is 45.0 Å². The van der Waals surface area contributed by atoms with E-state index < -0.39 is 0 Å². The van der Waals surface area contributed by atoms with Gasteiger partial charge >= 0.3 is 0 Å². The van der Waals surface area contributed by atoms with E-state index in [2.05, 4.69) is 30.4 Å². The first-order valence-electron chi connectivity index (χ1n) is 6.61. The summed E-state index contributed by atoms with van der Waals surface area (Å²) >= 11 is 0. The smallest absolute Gasteiger partial charge is 0.0726 e. The van der Waals surface area contributed by atoms with Crippen LogP contribution >= 0.6 is 0 Å². The van der Waals surface area contributed by atoms with Crippen LogP contribution in [0, 0.1) is 11.3 Å². The highest BCUT2D eigenvalue weighted by molar-refractivity contribution is 5.20. The van der Waals surface area contributed by atoms with Crippen LogP contribution in [0.4, 0.5) is 0 Å². The van der Waals surface area contributed by atoms with Crippen LogP contribution in [0.3, 0.4) is 0 Å². The third-order valence-corrected chi connectivity index (χ3v) is 3.48. The van der Waals surface area contributed by atoms with E-state index in [4.69, 9.17) is 10.00 Å². The van der Waals surface area contributed by atoms with E-state index >= 15 is 0 Å². The Kier molecular flexibility index (Phi) is 4.74. The third-order valence-electron chi connectivity index (χ3n) is 3.48. The van der Waals surface area contributed by atoms with Crippen LogP contribution in [0.15, 0.2) is 30.3 Å². The minimum Gasteiger partial charge on any atom is -0.377 e. The zero-order valence-electron chi connectivity index (χ0n) is 10.8. The molecule has 0 spiro atoms. The molecule has 1 saturated heterocycles. The molecule has 1 aromatic rings. The Hall–Kier alpha value is -1.37. The quantitative estimate of drug-likeness (QED) is 0.866. The second-order valence-corrected chi connectivity index (χ2v) is 4.83. The summed E-state index contributed by atoms with van der Waals surface area (Å²) in [6, 6.07) is 12.8. The van der Waals surface area contributed by atoms with Crippen LogP contribution in [0.2, 0.25) is 0 Å². The van der Waals surface area contributed by atoms with E-state index in [0.29, 0.717) is 6.42 Å². The van der Waals surface area contributed by atoms with Crippen molar-refractivity contribution in [1.29, 1.82) is 5.26 Å². The molecule has 3 heteroatoms. The predicted molar refractivity (Wildman–Crippen MR) is 71.0 cm³/mol. The second-order valence-electron chi connectivity index (χ2n) is 4.83. The van der Waals surface area contributed by atoms with E-state index in [1.165, 1.54) is 5.56 Å². The molecule has 0 radical (unpaired) electrons. The molecule has 3 atom stereocenters. The molecule has 3 nitrogen and oxygen atoms in total. The van der Waals surface area contributed by atoms with Crippen molar-refractivity contribution in [2.45, 2.75) is 44.4 Å². The molecule has 0 aliphatic carbocycles. The lowest BCUT2D eigenvalue weighted by Crippen LogP contribution is -2.39. The average molecular weight is 244 g/mol. The minimum absolute atomic E-state index is 0.0930. The summed E-state index contributed by atoms with van der Waals surface area (Å²) in [5.74, 6) is 0. The summed E-state index contributed by atoms with van der Waals surface area (Å²) in [5.41, 5.74) is 1.17. The summed E-state index contributed by atoms with van der Waals surface area (Å²) < 4.78 is 5.68. The van der Waals surface area contributed by atoms with Gasteiger partial charge in [-0.15, -0.1) is 0 Å². The van der Waals surface area contributed by atoms with Crippen LogP contribution in [-0.4, -0.2) is 18.8 Å². The van der Waals surface area contributed by atoms with Gasteiger partial charge in [-0.3, -0.25) is 0 Å². The van der Waals surface area contributed by atoms with E-state index in [1.54, 1.807) is 0 Å². The maximum absolute atomic E-state index is 8.95. The highest BCUT2D eigenvalue weighted by Crippen LogP contribution is 2.21. The molecule has 0 saturated carbocycles. The summed E-state index contributed by atoms with van der Waals surface area (Å²) in [6.45, 7) is 3.01. The average Bonchev–Trinajstić information content (AvgIpc) is 2.93. The van der Waals surface area contributed by atoms with Crippen molar-refractivity contribution in [3.8, 4) is 6.07 Å². The van der Waals surface area contributed by atoms with E-state index in [9.17, 15) is 0 Å². The lowest BCUT2D eigenvalue weighted by atomic mass is 10.0. The zero-order chi connectivity index (χ0) is 12.8. The largest absolute Gasteiger partial charge is 0.377 e. The van der Waals surface area contributed by atoms with Gasteiger partial charge in [-0.25, -0.2) is 0 Å². The SMILES string of the molecule is CC(NC(CC#N)c1ccccc1)C1CCCO1. The van der Waals surface area contributed by atoms with Gasteiger partial charge in [-0.2, -0.15) is 5.26 Å². The molecule has 18 heavy (non-hydrogen) atoms. The fourth-order valence-corrected chi connectivity index (χ4v) is 2.47. The second kappa shape index (κ2) is 6.53. The first kappa shape index (κ1) is 13.1. The fourth-order valence-electron chi connectivity index (χ4n) is 2.47. The summed E-state index contributed by atoms with van der Waals surface area (Å²) in [7, 11) is 0. The fraction of sp³-hybridized carbons (Fsp3) is 0.533. The van der Waals surface area contributed by atoms with Gasteiger partial charge in [0.15, 0.2) is 0 Å². The number of benzene rings is 1. The van der Waals surface area contributed by atoms with Gasteiger partial charge in [-0.05, 0) is 25.3 Å². The lowest BCUT2D eigenvalue weighted by Gasteiger charge is -2.25. The maximum Gasteiger partial charge on any atom is 0.0726 e. The standard InChI is InChI=1S/C15H20N2O/c1-12(15-8-5-11-18-15)17-14(9-10-16)13-6-3-2-4-7-13/h2-4,6-7,12,14-15,17H,5,8-9,11H2,1H3. The Morgan fingerprint density at radius 2 is 2.22 bits per heavy atom. The molecule has 0 bridgehead atoms. The molecule has 0 amide bonds. The van der Waals surface area contributed by atoms with Crippen LogP contribution < -0.4 is 5.32 Å². The van der Waals surface area contributed by atoms with Gasteiger partial charge in [0.05, 0.1) is 18.6 Å². The van der Waals surface area contributed by atoms with E-state index in [-0.39, 0.29) is 18.2 Å². The summed E-state index contributed by atoms with van der Waals surface area (Å²) in [4.78, 5) is 0. The number of nitrogens with one attached hydrogen (secondary N) is 1. The van der Waals surface area contributed by atoms with Crippen LogP contribution in [0.1, 0.15) is 37.8 Å². The maximum atomic E-state index is 8.95. The predicted octanol–water partition coefficient (Wildman–Crippen LogP) is 2.80. The molecule has 1 heterocycles. The van der Waals surface area contributed by atoms with Crippen molar-refractivity contribution in [3.05, 3.63) is 35.9 Å². The molecule has 1 N–H and O–H groups in total. The van der Waals surface area contributed by atoms with Gasteiger partial charge in [-0.1, -0.05) is 30.3 Å². The third kappa shape index (κ3) is 3.32. The number of hydrogen-bond acceptors (Lipinski definition) is 3. The van der Waals surface area contributed by atoms with Crippen LogP contribution in [-0.2, 0) is 4.74 Å². The first-order valence-corrected chi connectivity index (χ1v) is 6.61. The van der Waals surface area contributed by atoms with Crippen molar-refractivity contribution in [2.75, 3.05) is 6.61 Å². The van der Waals surface area contributed by atoms with E-state index in [0.717, 1.165) is 19.4 Å². The molecule has 3 unspecified atom stereocenters. The highest BCUT2D eigenvalue weighted by atomic mass is 16.5. The molecule has 1 aromatic carbocycles. The lowest BCUT2D eigenvalue weighted by molar-refractivity contribution is 0.0798. The molecule has 2 rings (SSSR count). The molecule has 96 valence electrons. The number of ether oxygens (including phenoxy) is 1. The summed E-state index contributed by atoms with van der Waals surface area (Å²) in [6.07, 6.45) is 3.03. The van der Waals surface area contributed by atoms with Crippen molar-refractivity contribution in [2.24, 2.45) is 0 Å². The van der Waals surface area contributed by atoms with Crippen molar-refractivity contribution in [3.63, 3.8) is 0 Å². The Balaban J connectivity index is 2.00. The van der Waals surface area contributed by atoms with Crippen molar-refractivity contribution in [1.82, 2.24) is 5.32 Å². The van der Waals surface area contributed by atoms with Crippen molar-refractivity contribution < 1.29 is 4.74 Å². The molecular formula is C15H20N2O. The number of nitrogens with zero attached hydrogens (tertiary/aromatic N) is 1. The molecule has 1 aliphatic rings. The Bertz CT molecular complexity index is 393. The van der Waals surface area contributed by atoms with Gasteiger partial charge in [0.25, 0.3) is 0 Å². The Morgan fingerprint density at radius 3 is 2.83 bits per heavy atom. The molecular weight excluding hydrogens is 224 g/mol. The normalized spacial score (nSPS) is 22.3. The minimum atomic E-state index is 0.0930. The van der Waals surface area contributed by atoms with Gasteiger partial charge in [0.2, 0.25) is 0 Å². The first-order chi connectivity index (χ1) is 8.81. The zero-order valence-corrected chi connectivity index (χ0v) is 10.8. The molecule has 1 aliphatic heterocycles. The monoisotopic (exact) mass is 244 g/mol. The Morgan fingerprint density at radius 1 is 1.44 bits per heavy atom. The van der Waals surface area contributed by atoms with Crippen molar-refractivity contribution >= 4 is 0 Å². The number of rotatable bonds is 5. The number of nitriles is 1. The van der Waals surface area contributed by atoms with Crippen LogP contribution in [0.5, 0.6) is 0 Å². The van der Waals surface area contributed by atoms with E-state index in [1.807, 2.05) is 18.2 Å². The number of hydrogen-bond donors (Lipinski definition) is 1. The van der Waals surface area contributed by atoms with Gasteiger partial charge < -0.3 is 10.1 Å². The Labute approximate surface area is 109 Å². The van der Waals surface area contributed by atoms with Crippen LogP contribution in [0.25, 0.3) is 0 Å². The molecule has 0 aromatic heterocycles. The molecule has 1 fully saturated rings.